The highest BCUT2D eigenvalue weighted by Gasteiger charge is 2.11. The molecule has 0 atom stereocenters. The molecule has 0 N–H and O–H groups in total. The van der Waals surface area contributed by atoms with Crippen LogP contribution in [-0.2, 0) is 7.05 Å². The summed E-state index contributed by atoms with van der Waals surface area (Å²) in [7, 11) is 1.80. The molecule has 0 aliphatic heterocycles. The minimum atomic E-state index is 0.431. The van der Waals surface area contributed by atoms with E-state index in [1.165, 1.54) is 11.5 Å². The standard InChI is InChI=1S/C3H3Cl2N2S/c1-7-2(4)6-3(5)8-7/h1H3/q+1. The molecule has 0 amide bonds. The van der Waals surface area contributed by atoms with Crippen LogP contribution in [0.2, 0.25) is 9.75 Å². The fourth-order valence-electron chi connectivity index (χ4n) is 0.314. The van der Waals surface area contributed by atoms with Crippen molar-refractivity contribution in [3.8, 4) is 0 Å². The van der Waals surface area contributed by atoms with Gasteiger partial charge in [0.1, 0.15) is 11.5 Å². The normalized spacial score (nSPS) is 9.88. The van der Waals surface area contributed by atoms with Crippen LogP contribution in [0.15, 0.2) is 0 Å². The number of aryl methyl sites for hydroxylation is 1. The third kappa shape index (κ3) is 1.10. The Hall–Kier alpha value is 0.140. The summed E-state index contributed by atoms with van der Waals surface area (Å²) in [6, 6.07) is 0. The van der Waals surface area contributed by atoms with Crippen molar-refractivity contribution in [2.45, 2.75) is 0 Å². The molecule has 1 rings (SSSR count). The highest BCUT2D eigenvalue weighted by Crippen LogP contribution is 2.10. The molecule has 0 aromatic carbocycles. The van der Waals surface area contributed by atoms with Gasteiger partial charge in [-0.15, -0.1) is 0 Å². The Kier molecular flexibility index (Phi) is 1.70. The van der Waals surface area contributed by atoms with Crippen LogP contribution in [0.3, 0.4) is 0 Å². The van der Waals surface area contributed by atoms with Gasteiger partial charge in [-0.1, -0.05) is 0 Å². The Morgan fingerprint density at radius 3 is 2.38 bits per heavy atom. The lowest BCUT2D eigenvalue weighted by Gasteiger charge is -1.69. The van der Waals surface area contributed by atoms with E-state index in [1.807, 2.05) is 0 Å². The largest absolute Gasteiger partial charge is 0.409 e. The number of halogens is 2. The fourth-order valence-corrected chi connectivity index (χ4v) is 1.46. The zero-order chi connectivity index (χ0) is 6.15. The van der Waals surface area contributed by atoms with E-state index in [2.05, 4.69) is 4.98 Å². The Morgan fingerprint density at radius 2 is 2.25 bits per heavy atom. The average Bonchev–Trinajstić information content (AvgIpc) is 1.85. The van der Waals surface area contributed by atoms with Crippen LogP contribution in [0.25, 0.3) is 0 Å². The molecular weight excluding hydrogens is 167 g/mol. The number of nitrogens with zero attached hydrogens (tertiary/aromatic N) is 2. The number of hydrogen-bond acceptors (Lipinski definition) is 2. The van der Waals surface area contributed by atoms with Crippen LogP contribution in [0.1, 0.15) is 0 Å². The van der Waals surface area contributed by atoms with Crippen molar-refractivity contribution in [3.05, 3.63) is 9.75 Å². The van der Waals surface area contributed by atoms with Crippen LogP contribution in [0.4, 0.5) is 0 Å². The smallest absolute Gasteiger partial charge is 0.160 e. The van der Waals surface area contributed by atoms with Gasteiger partial charge in [0.2, 0.25) is 0 Å². The van der Waals surface area contributed by atoms with E-state index >= 15 is 0 Å². The van der Waals surface area contributed by atoms with E-state index in [9.17, 15) is 0 Å². The maximum atomic E-state index is 5.51. The molecular formula is C3H3Cl2N2S+. The molecule has 0 saturated carbocycles. The molecule has 1 aromatic heterocycles. The predicted molar refractivity (Wildman–Crippen MR) is 33.3 cm³/mol. The second kappa shape index (κ2) is 2.17. The zero-order valence-electron chi connectivity index (χ0n) is 4.06. The van der Waals surface area contributed by atoms with Crippen molar-refractivity contribution < 1.29 is 3.96 Å². The summed E-state index contributed by atoms with van der Waals surface area (Å²) in [6.07, 6.45) is 0. The lowest BCUT2D eigenvalue weighted by atomic mass is 11.2. The molecule has 1 aromatic rings. The van der Waals surface area contributed by atoms with Crippen molar-refractivity contribution >= 4 is 34.7 Å². The number of aromatic nitrogens is 2. The van der Waals surface area contributed by atoms with Gasteiger partial charge >= 0.3 is 9.75 Å². The van der Waals surface area contributed by atoms with Crippen LogP contribution in [0.5, 0.6) is 0 Å². The van der Waals surface area contributed by atoms with E-state index in [0.717, 1.165) is 0 Å². The fraction of sp³-hybridized carbons (Fsp3) is 0.333. The Balaban J connectivity index is 3.14. The van der Waals surface area contributed by atoms with Gasteiger partial charge in [0.25, 0.3) is 0 Å². The summed E-state index contributed by atoms with van der Waals surface area (Å²) in [5.41, 5.74) is 0. The molecule has 0 aliphatic carbocycles. The molecule has 1 heterocycles. The quantitative estimate of drug-likeness (QED) is 0.536. The molecule has 0 unspecified atom stereocenters. The third-order valence-electron chi connectivity index (χ3n) is 0.652. The van der Waals surface area contributed by atoms with Crippen molar-refractivity contribution in [1.82, 2.24) is 4.98 Å². The first kappa shape index (κ1) is 6.26. The lowest BCUT2D eigenvalue weighted by Crippen LogP contribution is -2.22. The molecule has 8 heavy (non-hydrogen) atoms. The SMILES string of the molecule is C[n+]1sc(Cl)nc1Cl. The topological polar surface area (TPSA) is 16.8 Å². The average molecular weight is 170 g/mol. The van der Waals surface area contributed by atoms with Gasteiger partial charge in [-0.2, -0.15) is 3.96 Å². The maximum absolute atomic E-state index is 5.51. The van der Waals surface area contributed by atoms with Gasteiger partial charge in [-0.05, 0) is 16.6 Å². The third-order valence-corrected chi connectivity index (χ3v) is 2.07. The first-order valence-corrected chi connectivity index (χ1v) is 3.41. The highest BCUT2D eigenvalue weighted by molar-refractivity contribution is 7.06. The van der Waals surface area contributed by atoms with Gasteiger partial charge in [-0.3, -0.25) is 0 Å². The van der Waals surface area contributed by atoms with E-state index in [4.69, 9.17) is 23.2 Å². The Bertz CT molecular complexity index is 178. The summed E-state index contributed by atoms with van der Waals surface area (Å²) in [4.78, 5) is 3.72. The van der Waals surface area contributed by atoms with Crippen molar-refractivity contribution in [1.29, 1.82) is 0 Å². The van der Waals surface area contributed by atoms with Crippen molar-refractivity contribution in [2.75, 3.05) is 0 Å². The van der Waals surface area contributed by atoms with Crippen LogP contribution < -0.4 is 3.96 Å². The number of rotatable bonds is 0. The Labute approximate surface area is 60.8 Å². The molecule has 0 fully saturated rings. The second-order valence-electron chi connectivity index (χ2n) is 1.22. The van der Waals surface area contributed by atoms with Crippen LogP contribution in [-0.4, -0.2) is 4.98 Å². The summed E-state index contributed by atoms with van der Waals surface area (Å²) in [6.45, 7) is 0. The second-order valence-corrected chi connectivity index (χ2v) is 3.26. The Morgan fingerprint density at radius 1 is 1.62 bits per heavy atom. The molecule has 5 heteroatoms. The number of hydrogen-bond donors (Lipinski definition) is 0. The first-order chi connectivity index (χ1) is 3.70. The molecule has 0 saturated heterocycles. The van der Waals surface area contributed by atoms with Gasteiger partial charge in [0, 0.05) is 11.6 Å². The molecule has 2 nitrogen and oxygen atoms in total. The van der Waals surface area contributed by atoms with Crippen molar-refractivity contribution in [2.24, 2.45) is 7.05 Å². The summed E-state index contributed by atoms with van der Waals surface area (Å²) >= 11 is 12.3. The minimum absolute atomic E-state index is 0.431. The summed E-state index contributed by atoms with van der Waals surface area (Å²) in [5, 5.41) is 0.431. The van der Waals surface area contributed by atoms with Crippen molar-refractivity contribution in [3.63, 3.8) is 0 Å². The van der Waals surface area contributed by atoms with E-state index in [-0.39, 0.29) is 0 Å². The minimum Gasteiger partial charge on any atom is -0.160 e. The van der Waals surface area contributed by atoms with E-state index in [0.29, 0.717) is 9.75 Å². The van der Waals surface area contributed by atoms with E-state index in [1.54, 1.807) is 11.0 Å². The van der Waals surface area contributed by atoms with Gasteiger partial charge in [0.15, 0.2) is 0 Å². The zero-order valence-corrected chi connectivity index (χ0v) is 6.39. The van der Waals surface area contributed by atoms with E-state index < -0.39 is 0 Å². The monoisotopic (exact) mass is 169 g/mol. The molecule has 44 valence electrons. The van der Waals surface area contributed by atoms with Gasteiger partial charge in [0.05, 0.1) is 7.05 Å². The maximum Gasteiger partial charge on any atom is 0.409 e. The molecule has 0 radical (unpaired) electrons. The van der Waals surface area contributed by atoms with Crippen LogP contribution >= 0.6 is 34.7 Å². The molecule has 0 bridgehead atoms. The van der Waals surface area contributed by atoms with Gasteiger partial charge < -0.3 is 0 Å². The summed E-state index contributed by atoms with van der Waals surface area (Å²) in [5.74, 6) is 0. The highest BCUT2D eigenvalue weighted by atomic mass is 35.5. The van der Waals surface area contributed by atoms with Crippen LogP contribution in [0, 0.1) is 0 Å². The predicted octanol–water partition coefficient (Wildman–Crippen LogP) is 1.27. The lowest BCUT2D eigenvalue weighted by molar-refractivity contribution is -0.600. The summed E-state index contributed by atoms with van der Waals surface area (Å²) < 4.78 is 2.15. The molecule has 0 spiro atoms. The molecule has 0 aliphatic rings. The first-order valence-electron chi connectivity index (χ1n) is 1.88. The van der Waals surface area contributed by atoms with Gasteiger partial charge in [-0.25, -0.2) is 0 Å².